The molecule has 112 valence electrons. The fourth-order valence-corrected chi connectivity index (χ4v) is 2.69. The van der Waals surface area contributed by atoms with E-state index in [1.54, 1.807) is 0 Å². The van der Waals surface area contributed by atoms with E-state index in [1.165, 1.54) is 6.42 Å². The summed E-state index contributed by atoms with van der Waals surface area (Å²) >= 11 is 6.28. The third-order valence-corrected chi connectivity index (χ3v) is 4.14. The average molecular weight is 298 g/mol. The second-order valence-corrected chi connectivity index (χ2v) is 5.77. The predicted octanol–water partition coefficient (Wildman–Crippen LogP) is 3.57. The topological polar surface area (TPSA) is 44.5 Å². The standard InChI is InChI=1S/C16H24ClNO2/c1-2-12(18)11-14-15(17)6-3-7-16(14)20-10-8-13-5-4-9-19-13/h3,6-7,12-13H,2,4-5,8-11,18H2,1H3. The highest BCUT2D eigenvalue weighted by atomic mass is 35.5. The highest BCUT2D eigenvalue weighted by molar-refractivity contribution is 6.31. The Hall–Kier alpha value is -0.770. The van der Waals surface area contributed by atoms with Gasteiger partial charge in [-0.3, -0.25) is 0 Å². The number of hydrogen-bond donors (Lipinski definition) is 1. The Morgan fingerprint density at radius 2 is 2.35 bits per heavy atom. The maximum absolute atomic E-state index is 6.28. The van der Waals surface area contributed by atoms with Gasteiger partial charge in [-0.1, -0.05) is 24.6 Å². The lowest BCUT2D eigenvalue weighted by molar-refractivity contribution is 0.0902. The number of nitrogens with two attached hydrogens (primary N) is 1. The highest BCUT2D eigenvalue weighted by Crippen LogP contribution is 2.28. The van der Waals surface area contributed by atoms with E-state index in [0.717, 1.165) is 48.6 Å². The lowest BCUT2D eigenvalue weighted by Crippen LogP contribution is -2.22. The van der Waals surface area contributed by atoms with Crippen LogP contribution in [-0.4, -0.2) is 25.4 Å². The Labute approximate surface area is 126 Å². The molecule has 0 aromatic heterocycles. The van der Waals surface area contributed by atoms with Gasteiger partial charge in [0.1, 0.15) is 5.75 Å². The minimum Gasteiger partial charge on any atom is -0.493 e. The summed E-state index contributed by atoms with van der Waals surface area (Å²) in [6.07, 6.45) is 5.29. The molecule has 2 N–H and O–H groups in total. The number of hydrogen-bond acceptors (Lipinski definition) is 3. The first-order chi connectivity index (χ1) is 9.70. The van der Waals surface area contributed by atoms with Crippen molar-refractivity contribution in [2.24, 2.45) is 5.73 Å². The minimum absolute atomic E-state index is 0.121. The van der Waals surface area contributed by atoms with E-state index >= 15 is 0 Å². The van der Waals surface area contributed by atoms with Gasteiger partial charge in [-0.25, -0.2) is 0 Å². The Bertz CT molecular complexity index is 419. The fourth-order valence-electron chi connectivity index (χ4n) is 2.45. The largest absolute Gasteiger partial charge is 0.493 e. The van der Waals surface area contributed by atoms with Crippen molar-refractivity contribution in [1.82, 2.24) is 0 Å². The number of benzene rings is 1. The molecule has 2 rings (SSSR count). The second-order valence-electron chi connectivity index (χ2n) is 5.36. The van der Waals surface area contributed by atoms with Crippen molar-refractivity contribution >= 4 is 11.6 Å². The molecule has 0 amide bonds. The van der Waals surface area contributed by atoms with Crippen LogP contribution in [0.1, 0.15) is 38.2 Å². The molecule has 3 nitrogen and oxygen atoms in total. The highest BCUT2D eigenvalue weighted by Gasteiger charge is 2.16. The zero-order valence-corrected chi connectivity index (χ0v) is 12.9. The van der Waals surface area contributed by atoms with Gasteiger partial charge in [-0.05, 0) is 37.8 Å². The summed E-state index contributed by atoms with van der Waals surface area (Å²) in [6.45, 7) is 3.64. The number of halogens is 1. The molecule has 1 aliphatic heterocycles. The maximum atomic E-state index is 6.28. The van der Waals surface area contributed by atoms with Gasteiger partial charge in [0.25, 0.3) is 0 Å². The van der Waals surface area contributed by atoms with Crippen LogP contribution in [0, 0.1) is 0 Å². The Balaban J connectivity index is 1.93. The zero-order chi connectivity index (χ0) is 14.4. The van der Waals surface area contributed by atoms with Gasteiger partial charge in [-0.15, -0.1) is 0 Å². The van der Waals surface area contributed by atoms with Gasteiger partial charge in [0.15, 0.2) is 0 Å². The molecule has 0 bridgehead atoms. The third-order valence-electron chi connectivity index (χ3n) is 3.79. The van der Waals surface area contributed by atoms with Crippen molar-refractivity contribution in [2.45, 2.75) is 51.2 Å². The van der Waals surface area contributed by atoms with Crippen LogP contribution in [0.5, 0.6) is 5.75 Å². The molecule has 1 saturated heterocycles. The summed E-state index contributed by atoms with van der Waals surface area (Å²) in [5, 5.41) is 0.739. The summed E-state index contributed by atoms with van der Waals surface area (Å²) in [5.74, 6) is 0.861. The second kappa shape index (κ2) is 7.87. The van der Waals surface area contributed by atoms with Crippen LogP contribution < -0.4 is 10.5 Å². The van der Waals surface area contributed by atoms with Gasteiger partial charge in [0.05, 0.1) is 12.7 Å². The Kier molecular flexibility index (Phi) is 6.14. The molecule has 1 fully saturated rings. The predicted molar refractivity (Wildman–Crippen MR) is 82.5 cm³/mol. The molecular formula is C16H24ClNO2. The third kappa shape index (κ3) is 4.37. The molecule has 0 aliphatic carbocycles. The lowest BCUT2D eigenvalue weighted by Gasteiger charge is -2.17. The molecule has 1 aromatic rings. The van der Waals surface area contributed by atoms with E-state index in [2.05, 4.69) is 6.92 Å². The van der Waals surface area contributed by atoms with Gasteiger partial charge < -0.3 is 15.2 Å². The van der Waals surface area contributed by atoms with E-state index in [1.807, 2.05) is 18.2 Å². The van der Waals surface area contributed by atoms with Crippen LogP contribution in [-0.2, 0) is 11.2 Å². The average Bonchev–Trinajstić information content (AvgIpc) is 2.95. The molecule has 20 heavy (non-hydrogen) atoms. The Morgan fingerprint density at radius 3 is 3.05 bits per heavy atom. The van der Waals surface area contributed by atoms with Crippen molar-refractivity contribution in [3.63, 3.8) is 0 Å². The van der Waals surface area contributed by atoms with Crippen LogP contribution in [0.25, 0.3) is 0 Å². The van der Waals surface area contributed by atoms with Gasteiger partial charge in [0, 0.05) is 29.7 Å². The molecule has 1 aromatic carbocycles. The van der Waals surface area contributed by atoms with Crippen LogP contribution in [0.3, 0.4) is 0 Å². The first-order valence-electron chi connectivity index (χ1n) is 7.48. The van der Waals surface area contributed by atoms with Crippen LogP contribution in [0.4, 0.5) is 0 Å². The van der Waals surface area contributed by atoms with E-state index < -0.39 is 0 Å². The SMILES string of the molecule is CCC(N)Cc1c(Cl)cccc1OCCC1CCCO1. The summed E-state index contributed by atoms with van der Waals surface area (Å²) < 4.78 is 11.5. The molecular weight excluding hydrogens is 274 g/mol. The van der Waals surface area contributed by atoms with Gasteiger partial charge in [-0.2, -0.15) is 0 Å². The molecule has 0 saturated carbocycles. The van der Waals surface area contributed by atoms with E-state index in [9.17, 15) is 0 Å². The first-order valence-corrected chi connectivity index (χ1v) is 7.86. The van der Waals surface area contributed by atoms with Crippen LogP contribution >= 0.6 is 11.6 Å². The van der Waals surface area contributed by atoms with Crippen LogP contribution in [0.2, 0.25) is 5.02 Å². The lowest BCUT2D eigenvalue weighted by atomic mass is 10.0. The quantitative estimate of drug-likeness (QED) is 0.837. The van der Waals surface area contributed by atoms with E-state index in [0.29, 0.717) is 12.7 Å². The molecule has 4 heteroatoms. The summed E-state index contributed by atoms with van der Waals surface area (Å²) in [5.41, 5.74) is 7.06. The summed E-state index contributed by atoms with van der Waals surface area (Å²) in [4.78, 5) is 0. The molecule has 2 atom stereocenters. The molecule has 2 unspecified atom stereocenters. The van der Waals surface area contributed by atoms with Gasteiger partial charge in [0.2, 0.25) is 0 Å². The first kappa shape index (κ1) is 15.6. The van der Waals surface area contributed by atoms with Crippen molar-refractivity contribution in [3.05, 3.63) is 28.8 Å². The van der Waals surface area contributed by atoms with Crippen molar-refractivity contribution in [1.29, 1.82) is 0 Å². The van der Waals surface area contributed by atoms with E-state index in [-0.39, 0.29) is 6.04 Å². The molecule has 1 aliphatic rings. The monoisotopic (exact) mass is 297 g/mol. The van der Waals surface area contributed by atoms with Crippen molar-refractivity contribution < 1.29 is 9.47 Å². The van der Waals surface area contributed by atoms with Gasteiger partial charge >= 0.3 is 0 Å². The maximum Gasteiger partial charge on any atom is 0.124 e. The van der Waals surface area contributed by atoms with Crippen LogP contribution in [0.15, 0.2) is 18.2 Å². The normalized spacial score (nSPS) is 20.1. The minimum atomic E-state index is 0.121. The Morgan fingerprint density at radius 1 is 1.50 bits per heavy atom. The zero-order valence-electron chi connectivity index (χ0n) is 12.1. The summed E-state index contributed by atoms with van der Waals surface area (Å²) in [6, 6.07) is 5.91. The number of rotatable bonds is 7. The van der Waals surface area contributed by atoms with Crippen molar-refractivity contribution in [3.8, 4) is 5.75 Å². The molecule has 0 radical (unpaired) electrons. The van der Waals surface area contributed by atoms with E-state index in [4.69, 9.17) is 26.8 Å². The summed E-state index contributed by atoms with van der Waals surface area (Å²) in [7, 11) is 0. The fraction of sp³-hybridized carbons (Fsp3) is 0.625. The number of ether oxygens (including phenoxy) is 2. The van der Waals surface area contributed by atoms with Crippen molar-refractivity contribution in [2.75, 3.05) is 13.2 Å². The molecule has 0 spiro atoms. The smallest absolute Gasteiger partial charge is 0.124 e. The molecule has 1 heterocycles.